The second-order valence-electron chi connectivity index (χ2n) is 5.74. The van der Waals surface area contributed by atoms with Crippen molar-refractivity contribution in [2.75, 3.05) is 18.0 Å². The van der Waals surface area contributed by atoms with Crippen molar-refractivity contribution in [1.29, 1.82) is 0 Å². The van der Waals surface area contributed by atoms with E-state index < -0.39 is 12.0 Å². The second-order valence-corrected chi connectivity index (χ2v) is 5.74. The van der Waals surface area contributed by atoms with Crippen LogP contribution >= 0.6 is 0 Å². The first kappa shape index (κ1) is 13.9. The number of hydrogen-bond donors (Lipinski definition) is 1. The molecule has 1 aromatic rings. The number of carbonyl (C=O) groups is 2. The maximum Gasteiger partial charge on any atom is 0.327 e. The number of carboxylic acid groups (broad SMARTS) is 1. The Morgan fingerprint density at radius 2 is 1.71 bits per heavy atom. The molecule has 2 heterocycles. The minimum atomic E-state index is -0.936. The smallest absolute Gasteiger partial charge is 0.327 e. The van der Waals surface area contributed by atoms with E-state index in [-0.39, 0.29) is 6.03 Å². The topological polar surface area (TPSA) is 60.9 Å². The Morgan fingerprint density at radius 1 is 1.05 bits per heavy atom. The van der Waals surface area contributed by atoms with Crippen LogP contribution in [-0.2, 0) is 11.2 Å². The molecule has 2 aliphatic rings. The van der Waals surface area contributed by atoms with Gasteiger partial charge in [0.2, 0.25) is 0 Å². The van der Waals surface area contributed by atoms with Gasteiger partial charge in [0.15, 0.2) is 0 Å². The van der Waals surface area contributed by atoms with E-state index in [1.807, 2.05) is 29.2 Å². The number of anilines is 1. The summed E-state index contributed by atoms with van der Waals surface area (Å²) in [4.78, 5) is 27.6. The number of benzene rings is 1. The van der Waals surface area contributed by atoms with Gasteiger partial charge in [0.25, 0.3) is 0 Å². The molecule has 0 spiro atoms. The molecule has 0 aliphatic carbocycles. The van der Waals surface area contributed by atoms with Crippen molar-refractivity contribution in [3.63, 3.8) is 0 Å². The highest BCUT2D eigenvalue weighted by molar-refractivity contribution is 6.01. The zero-order valence-corrected chi connectivity index (χ0v) is 12.0. The van der Waals surface area contributed by atoms with Gasteiger partial charge in [-0.2, -0.15) is 0 Å². The largest absolute Gasteiger partial charge is 0.480 e. The predicted molar refractivity (Wildman–Crippen MR) is 79.5 cm³/mol. The lowest BCUT2D eigenvalue weighted by molar-refractivity contribution is -0.138. The number of amides is 2. The predicted octanol–water partition coefficient (Wildman–Crippen LogP) is 2.50. The first-order valence-electron chi connectivity index (χ1n) is 7.57. The van der Waals surface area contributed by atoms with Crippen LogP contribution in [0.4, 0.5) is 10.5 Å². The second kappa shape index (κ2) is 5.76. The Bertz CT molecular complexity index is 550. The van der Waals surface area contributed by atoms with E-state index in [0.29, 0.717) is 6.42 Å². The molecule has 0 bridgehead atoms. The average molecular weight is 288 g/mol. The number of fused-ring (bicyclic) bond motifs is 1. The highest BCUT2D eigenvalue weighted by Crippen LogP contribution is 2.33. The molecule has 1 N–H and O–H groups in total. The molecule has 5 heteroatoms. The minimum absolute atomic E-state index is 0.158. The third-order valence-corrected chi connectivity index (χ3v) is 4.34. The van der Waals surface area contributed by atoms with Crippen LogP contribution in [0.15, 0.2) is 24.3 Å². The number of likely N-dealkylation sites (tertiary alicyclic amines) is 1. The molecular weight excluding hydrogens is 268 g/mol. The molecule has 3 rings (SSSR count). The third-order valence-electron chi connectivity index (χ3n) is 4.34. The van der Waals surface area contributed by atoms with Crippen molar-refractivity contribution in [2.24, 2.45) is 0 Å². The maximum absolute atomic E-state index is 12.8. The maximum atomic E-state index is 12.8. The Morgan fingerprint density at radius 3 is 2.38 bits per heavy atom. The van der Waals surface area contributed by atoms with Gasteiger partial charge in [-0.15, -0.1) is 0 Å². The molecular formula is C16H20N2O3. The number of hydrogen-bond acceptors (Lipinski definition) is 2. The molecule has 1 saturated heterocycles. The lowest BCUT2D eigenvalue weighted by Crippen LogP contribution is -2.50. The third kappa shape index (κ3) is 2.60. The van der Waals surface area contributed by atoms with E-state index in [2.05, 4.69) is 0 Å². The van der Waals surface area contributed by atoms with Gasteiger partial charge in [-0.05, 0) is 24.5 Å². The van der Waals surface area contributed by atoms with E-state index in [4.69, 9.17) is 0 Å². The van der Waals surface area contributed by atoms with E-state index >= 15 is 0 Å². The first-order valence-corrected chi connectivity index (χ1v) is 7.57. The number of urea groups is 1. The number of aliphatic carboxylic acids is 1. The minimum Gasteiger partial charge on any atom is -0.480 e. The molecule has 0 saturated carbocycles. The Labute approximate surface area is 124 Å². The fourth-order valence-corrected chi connectivity index (χ4v) is 3.23. The van der Waals surface area contributed by atoms with Gasteiger partial charge in [-0.1, -0.05) is 31.0 Å². The summed E-state index contributed by atoms with van der Waals surface area (Å²) in [6.45, 7) is 1.45. The number of para-hydroxylation sites is 1. The van der Waals surface area contributed by atoms with Gasteiger partial charge < -0.3 is 10.0 Å². The molecule has 0 radical (unpaired) electrons. The van der Waals surface area contributed by atoms with Crippen molar-refractivity contribution in [3.8, 4) is 0 Å². The quantitative estimate of drug-likeness (QED) is 0.863. The monoisotopic (exact) mass is 288 g/mol. The lowest BCUT2D eigenvalue weighted by Gasteiger charge is -2.30. The number of rotatable bonds is 1. The highest BCUT2D eigenvalue weighted by atomic mass is 16.4. The van der Waals surface area contributed by atoms with Gasteiger partial charge in [0.1, 0.15) is 6.04 Å². The normalized spacial score (nSPS) is 21.8. The van der Waals surface area contributed by atoms with Crippen LogP contribution in [0.5, 0.6) is 0 Å². The number of carbonyl (C=O) groups excluding carboxylic acids is 1. The standard InChI is InChI=1S/C16H20N2O3/c19-15(20)14-11-12-7-3-4-8-13(12)18(14)16(21)17-9-5-1-2-6-10-17/h3-4,7-8,14H,1-2,5-6,9-11H2,(H,19,20). The number of carboxylic acids is 1. The van der Waals surface area contributed by atoms with Crippen molar-refractivity contribution >= 4 is 17.7 Å². The molecule has 21 heavy (non-hydrogen) atoms. The van der Waals surface area contributed by atoms with Crippen LogP contribution in [0.25, 0.3) is 0 Å². The first-order chi connectivity index (χ1) is 10.2. The molecule has 1 fully saturated rings. The number of nitrogens with zero attached hydrogens (tertiary/aromatic N) is 2. The zero-order chi connectivity index (χ0) is 14.8. The van der Waals surface area contributed by atoms with Crippen LogP contribution in [0.1, 0.15) is 31.2 Å². The summed E-state index contributed by atoms with van der Waals surface area (Å²) in [5.41, 5.74) is 1.69. The molecule has 2 aliphatic heterocycles. The summed E-state index contributed by atoms with van der Waals surface area (Å²) < 4.78 is 0. The van der Waals surface area contributed by atoms with Crippen LogP contribution < -0.4 is 4.90 Å². The molecule has 112 valence electrons. The van der Waals surface area contributed by atoms with Crippen LogP contribution in [-0.4, -0.2) is 41.1 Å². The van der Waals surface area contributed by atoms with Gasteiger partial charge in [0, 0.05) is 25.2 Å². The SMILES string of the molecule is O=C(O)C1Cc2ccccc2N1C(=O)N1CCCCCC1. The Hall–Kier alpha value is -2.04. The average Bonchev–Trinajstić information content (AvgIpc) is 2.67. The molecule has 5 nitrogen and oxygen atoms in total. The van der Waals surface area contributed by atoms with Gasteiger partial charge in [0.05, 0.1) is 0 Å². The summed E-state index contributed by atoms with van der Waals surface area (Å²) in [5.74, 6) is -0.936. The summed E-state index contributed by atoms with van der Waals surface area (Å²) in [6.07, 6.45) is 4.68. The Kier molecular flexibility index (Phi) is 3.82. The van der Waals surface area contributed by atoms with E-state index in [9.17, 15) is 14.7 Å². The van der Waals surface area contributed by atoms with Gasteiger partial charge in [-0.25, -0.2) is 9.59 Å². The lowest BCUT2D eigenvalue weighted by atomic mass is 10.1. The van der Waals surface area contributed by atoms with E-state index in [1.54, 1.807) is 0 Å². The fourth-order valence-electron chi connectivity index (χ4n) is 3.23. The van der Waals surface area contributed by atoms with Crippen molar-refractivity contribution in [2.45, 2.75) is 38.1 Å². The van der Waals surface area contributed by atoms with Crippen molar-refractivity contribution < 1.29 is 14.7 Å². The molecule has 1 aromatic carbocycles. The van der Waals surface area contributed by atoms with Crippen LogP contribution in [0.2, 0.25) is 0 Å². The molecule has 1 unspecified atom stereocenters. The van der Waals surface area contributed by atoms with Gasteiger partial charge >= 0.3 is 12.0 Å². The molecule has 2 amide bonds. The van der Waals surface area contributed by atoms with Crippen LogP contribution in [0, 0.1) is 0 Å². The van der Waals surface area contributed by atoms with Crippen molar-refractivity contribution in [3.05, 3.63) is 29.8 Å². The summed E-state index contributed by atoms with van der Waals surface area (Å²) in [5, 5.41) is 9.45. The summed E-state index contributed by atoms with van der Waals surface area (Å²) in [6, 6.07) is 6.55. The fraction of sp³-hybridized carbons (Fsp3) is 0.500. The highest BCUT2D eigenvalue weighted by Gasteiger charge is 2.40. The summed E-state index contributed by atoms with van der Waals surface area (Å²) >= 11 is 0. The van der Waals surface area contributed by atoms with Crippen molar-refractivity contribution in [1.82, 2.24) is 4.90 Å². The molecule has 1 atom stereocenters. The Balaban J connectivity index is 1.89. The van der Waals surface area contributed by atoms with E-state index in [0.717, 1.165) is 50.0 Å². The molecule has 0 aromatic heterocycles. The van der Waals surface area contributed by atoms with E-state index in [1.165, 1.54) is 4.90 Å². The van der Waals surface area contributed by atoms with Crippen LogP contribution in [0.3, 0.4) is 0 Å². The van der Waals surface area contributed by atoms with Gasteiger partial charge in [-0.3, -0.25) is 4.90 Å². The summed E-state index contributed by atoms with van der Waals surface area (Å²) in [7, 11) is 0. The zero-order valence-electron chi connectivity index (χ0n) is 12.0.